The largest absolute Gasteiger partial charge is 0.0622 e. The van der Waals surface area contributed by atoms with Gasteiger partial charge in [-0.1, -0.05) is 300 Å². The minimum atomic E-state index is -5.67. The fourth-order valence-corrected chi connectivity index (χ4v) is 24.6. The molecule has 4 fully saturated rings. The molecule has 2 N–H and O–H groups in total. The van der Waals surface area contributed by atoms with Crippen molar-refractivity contribution in [2.45, 2.75) is 149 Å². The predicted molar refractivity (Wildman–Crippen MR) is 442 cm³/mol. The zero-order valence-corrected chi connectivity index (χ0v) is 68.9. The molecule has 9 nitrogen and oxygen atoms in total. The van der Waals surface area contributed by atoms with Gasteiger partial charge in [-0.3, -0.25) is 9.59 Å². The van der Waals surface area contributed by atoms with E-state index in [-0.39, 0.29) is 63.1 Å². The van der Waals surface area contributed by atoms with Crippen LogP contribution in [0.1, 0.15) is 137 Å². The Morgan fingerprint density at radius 3 is 1.08 bits per heavy atom. The third-order valence-electron chi connectivity index (χ3n) is 24.6. The molecule has 110 heavy (non-hydrogen) atoms. The number of ether oxygens (including phenoxy) is 2. The summed E-state index contributed by atoms with van der Waals surface area (Å²) in [7, 11) is 1.73. The number of alkyl halides is 3. The van der Waals surface area contributed by atoms with Crippen molar-refractivity contribution in [3.8, 4) is 0 Å². The van der Waals surface area contributed by atoms with Gasteiger partial charge < -0.3 is 23.7 Å². The molecule has 582 valence electrons. The summed E-state index contributed by atoms with van der Waals surface area (Å²) < 4.78 is 77.5. The predicted octanol–water partition coefficient (Wildman–Crippen LogP) is 19.4. The molecule has 4 saturated carbocycles. The molecular weight excluding hydrogens is 1580 g/mol. The normalized spacial score (nSPS) is 26.6. The van der Waals surface area contributed by atoms with E-state index in [1.54, 1.807) is 48.4 Å². The number of esters is 2. The smallest absolute Gasteiger partial charge is 0.0134 e. The summed E-state index contributed by atoms with van der Waals surface area (Å²) in [6.07, 6.45) is 22.2. The fraction of sp³-hybridized carbons (Fsp3) is 0.363. The maximum atomic E-state index is 12.9. The first-order valence-electron chi connectivity index (χ1n) is 38.2. The van der Waals surface area contributed by atoms with Gasteiger partial charge in [0.2, 0.25) is 0 Å². The molecule has 16 rings (SSSR count). The van der Waals surface area contributed by atoms with Crippen molar-refractivity contribution in [1.29, 1.82) is 0 Å². The monoisotopic (exact) mass is 1670 g/mol. The number of rotatable bonds is 12. The van der Waals surface area contributed by atoms with Crippen LogP contribution >= 0.6 is 34.9 Å². The zero-order valence-electron chi connectivity index (χ0n) is 63.3. The zero-order chi connectivity index (χ0) is 78.3. The Balaban J connectivity index is 0.000000141. The SMILES string of the molecule is CC(=O)O[C@H]1CC[C@@]2(C)C(=CC[C@@H]3[C@@H]2CC[C@]2(C)C(OS(=O)(=O)C(F)(F)F)=CC[C@@H]32)C1.CC(=O)O[C@H]1CC[C@@]2(C)C(=CC[C@@H]3[C@@H]2CC[C@]2(C)C(c4ccccc4)=CC[C@@H]32)C1.OB(O)c1ccccc1.[Cl][Pd][Cl].c1ccc(P(c2ccccc2)c2ccccc2)cc1.c1ccc(P(c2ccccc2)c2ccccc2)cc1. The Labute approximate surface area is 668 Å². The average molecular weight is 1680 g/mol. The van der Waals surface area contributed by atoms with Gasteiger partial charge in [-0.05, 0) is 199 Å². The summed E-state index contributed by atoms with van der Waals surface area (Å²) >= 11 is -0.106. The quantitative estimate of drug-likeness (QED) is 0.0306. The molecule has 0 radical (unpaired) electrons. The van der Waals surface area contributed by atoms with Crippen molar-refractivity contribution in [2.75, 3.05) is 0 Å². The summed E-state index contributed by atoms with van der Waals surface area (Å²) in [4.78, 5) is 22.8. The van der Waals surface area contributed by atoms with Crippen LogP contribution < -0.4 is 37.3 Å². The Kier molecular flexibility index (Phi) is 29.1. The van der Waals surface area contributed by atoms with Crippen LogP contribution in [0.2, 0.25) is 0 Å². The van der Waals surface area contributed by atoms with Crippen molar-refractivity contribution in [2.24, 2.45) is 57.2 Å². The van der Waals surface area contributed by atoms with E-state index < -0.39 is 44.0 Å². The number of benzene rings is 8. The van der Waals surface area contributed by atoms with E-state index >= 15 is 0 Å². The van der Waals surface area contributed by atoms with Crippen LogP contribution in [0.5, 0.6) is 0 Å². The molecule has 19 heteroatoms. The van der Waals surface area contributed by atoms with Crippen molar-refractivity contribution in [1.82, 2.24) is 0 Å². The second-order valence-corrected chi connectivity index (χ2v) is 39.2. The summed E-state index contributed by atoms with van der Waals surface area (Å²) in [5, 5.41) is 25.5. The first-order valence-corrected chi connectivity index (χ1v) is 46.3. The summed E-state index contributed by atoms with van der Waals surface area (Å²) in [5.74, 6) is 2.54. The number of fused-ring (bicyclic) bond motifs is 10. The fourth-order valence-electron chi connectivity index (χ4n) is 19.4. The Bertz CT molecular complexity index is 4260. The first-order chi connectivity index (χ1) is 52.8. The van der Waals surface area contributed by atoms with E-state index in [2.05, 4.69) is 256 Å². The molecule has 8 aromatic rings. The van der Waals surface area contributed by atoms with Crippen LogP contribution in [-0.2, 0) is 49.3 Å². The van der Waals surface area contributed by atoms with Gasteiger partial charge in [-0.15, -0.1) is 0 Å². The molecule has 0 saturated heterocycles. The van der Waals surface area contributed by atoms with Gasteiger partial charge in [0.05, 0.1) is 0 Å². The molecule has 8 aliphatic carbocycles. The third kappa shape index (κ3) is 19.7. The van der Waals surface area contributed by atoms with E-state index in [1.807, 2.05) is 13.0 Å². The number of carbonyl (C=O) groups excluding carboxylic acids is 2. The van der Waals surface area contributed by atoms with Gasteiger partial charge in [-0.25, -0.2) is 0 Å². The second kappa shape index (κ2) is 38.0. The maximum Gasteiger partial charge on any atom is -0.0134 e. The number of halogens is 5. The van der Waals surface area contributed by atoms with Gasteiger partial charge >= 0.3 is 69.7 Å². The van der Waals surface area contributed by atoms with Gasteiger partial charge in [0.1, 0.15) is 18.0 Å². The van der Waals surface area contributed by atoms with E-state index in [4.69, 9.17) is 38.6 Å². The molecule has 0 aliphatic heterocycles. The minimum absolute atomic E-state index is 0.0252. The van der Waals surface area contributed by atoms with Crippen molar-refractivity contribution >= 4 is 107 Å². The molecule has 0 amide bonds. The molecular formula is C91H100BCl2F3O9P2PdS. The number of hydrogen-bond acceptors (Lipinski definition) is 9. The summed E-state index contributed by atoms with van der Waals surface area (Å²) in [6, 6.07) is 84.4. The van der Waals surface area contributed by atoms with E-state index in [1.165, 1.54) is 82.0 Å². The van der Waals surface area contributed by atoms with Crippen molar-refractivity contribution in [3.63, 3.8) is 0 Å². The topological polar surface area (TPSA) is 136 Å². The molecule has 0 spiro atoms. The Morgan fingerprint density at radius 2 is 0.755 bits per heavy atom. The third-order valence-corrected chi connectivity index (χ3v) is 30.5. The van der Waals surface area contributed by atoms with Crippen molar-refractivity contribution in [3.05, 3.63) is 289 Å². The van der Waals surface area contributed by atoms with E-state index in [0.29, 0.717) is 35.1 Å². The van der Waals surface area contributed by atoms with Gasteiger partial charge in [0.15, 0.2) is 0 Å². The van der Waals surface area contributed by atoms with Gasteiger partial charge in [-0.2, -0.15) is 21.6 Å². The van der Waals surface area contributed by atoms with Crippen LogP contribution in [0.15, 0.2) is 284 Å². The number of carbonyl (C=O) groups is 2. The second-order valence-electron chi connectivity index (χ2n) is 30.9. The van der Waals surface area contributed by atoms with Crippen LogP contribution in [-0.4, -0.2) is 55.2 Å². The first kappa shape index (κ1) is 84.2. The molecule has 0 bridgehead atoms. The van der Waals surface area contributed by atoms with Crippen molar-refractivity contribution < 1.29 is 70.8 Å². The average Bonchev–Trinajstić information content (AvgIpc) is 1.44. The molecule has 0 aromatic heterocycles. The summed E-state index contributed by atoms with van der Waals surface area (Å²) in [6.45, 7) is 12.1. The van der Waals surface area contributed by atoms with Gasteiger partial charge in [0, 0.05) is 32.1 Å². The minimum Gasteiger partial charge on any atom is -0.0622 e. The molecule has 0 heterocycles. The van der Waals surface area contributed by atoms with Crippen LogP contribution in [0, 0.1) is 57.2 Å². The maximum absolute atomic E-state index is 12.9. The number of hydrogen-bond donors (Lipinski definition) is 2. The van der Waals surface area contributed by atoms with E-state index in [9.17, 15) is 31.2 Å². The molecule has 0 unspecified atom stereocenters. The number of allylic oxidation sites excluding steroid dienone is 6. The van der Waals surface area contributed by atoms with Crippen LogP contribution in [0.3, 0.4) is 0 Å². The molecule has 8 aliphatic rings. The summed E-state index contributed by atoms with van der Waals surface area (Å²) in [5.41, 5.74) is 0.893. The standard InChI is InChI=1S/C27H34O2.C22H29F3O5S.2C18H15P.C6H7BO2.2ClH.Pd/c1-18(28)29-21-13-15-26(2)20(17-21)9-10-22-24-12-11-23(19-7-5-4-6-8-19)27(24,3)16-14-25(22)26;1-13(26)29-15-8-10-20(2)14(12-15)4-5-16-17-6-7-19(21(17,3)11-9-18(16)20)30-31(27,28)22(23,24)25;2*1-4-10-16(11-5-1)19(17-12-6-2-7-13-17)18-14-8-3-9-15-18;8-7(9)6-4-2-1-3-5-6;;;/h4-9,11,21-22,24-25H,10,12-17H2,1-3H3;4,7,15-18H,5-6,8-12H2,1-3H3;2*1-15H;1-5,8-9H;2*1H;/q;;;;;;;+2/p-2/t21-,22-,24-,25-,26-,27+;15-,16-,17-,18-,20-,21-;;;;;;/m00....../s1. The Hall–Kier alpha value is -6.71. The molecule has 12 atom stereocenters. The van der Waals surface area contributed by atoms with Crippen LogP contribution in [0.4, 0.5) is 13.2 Å². The van der Waals surface area contributed by atoms with Gasteiger partial charge in [0.25, 0.3) is 0 Å². The van der Waals surface area contributed by atoms with E-state index in [0.717, 1.165) is 62.7 Å². The Morgan fingerprint density at radius 1 is 0.445 bits per heavy atom. The van der Waals surface area contributed by atoms with Crippen LogP contribution in [0.25, 0.3) is 5.57 Å². The molecule has 8 aromatic carbocycles.